The van der Waals surface area contributed by atoms with Crippen LogP contribution in [-0.2, 0) is 16.4 Å². The summed E-state index contributed by atoms with van der Waals surface area (Å²) in [4.78, 5) is 16.0. The molecule has 1 amide bonds. The van der Waals surface area contributed by atoms with Crippen LogP contribution in [0.25, 0.3) is 0 Å². The van der Waals surface area contributed by atoms with Crippen molar-refractivity contribution >= 4 is 38.5 Å². The SMILES string of the molecule is O=C(c1cccc(S(=O)NC2CC(F)(F)C2)c1)N1CC2(CCC3(CC3)CC2)c2cc(Br)ccc21. The number of alkyl halides is 2. The van der Waals surface area contributed by atoms with Crippen molar-refractivity contribution in [2.24, 2.45) is 5.41 Å². The van der Waals surface area contributed by atoms with E-state index in [2.05, 4.69) is 26.7 Å². The summed E-state index contributed by atoms with van der Waals surface area (Å²) < 4.78 is 42.8. The zero-order chi connectivity index (χ0) is 23.7. The van der Waals surface area contributed by atoms with Crippen molar-refractivity contribution < 1.29 is 17.8 Å². The monoisotopic (exact) mass is 548 g/mol. The van der Waals surface area contributed by atoms with Crippen molar-refractivity contribution in [2.45, 2.75) is 73.6 Å². The topological polar surface area (TPSA) is 49.4 Å². The lowest BCUT2D eigenvalue weighted by atomic mass is 9.66. The van der Waals surface area contributed by atoms with Crippen molar-refractivity contribution in [3.63, 3.8) is 0 Å². The Morgan fingerprint density at radius 3 is 2.41 bits per heavy atom. The first-order valence-corrected chi connectivity index (χ1v) is 13.9. The Labute approximate surface area is 209 Å². The van der Waals surface area contributed by atoms with Crippen LogP contribution in [0, 0.1) is 5.41 Å². The van der Waals surface area contributed by atoms with Gasteiger partial charge in [-0.1, -0.05) is 22.0 Å². The van der Waals surface area contributed by atoms with Crippen LogP contribution in [0.5, 0.6) is 0 Å². The van der Waals surface area contributed by atoms with Gasteiger partial charge in [-0.3, -0.25) is 4.79 Å². The molecule has 0 bridgehead atoms. The van der Waals surface area contributed by atoms with Crippen LogP contribution in [0.4, 0.5) is 14.5 Å². The predicted molar refractivity (Wildman–Crippen MR) is 132 cm³/mol. The van der Waals surface area contributed by atoms with Crippen LogP contribution >= 0.6 is 15.9 Å². The Hall–Kier alpha value is -1.64. The second-order valence-corrected chi connectivity index (χ2v) is 12.9. The van der Waals surface area contributed by atoms with E-state index in [9.17, 15) is 17.8 Å². The van der Waals surface area contributed by atoms with Gasteiger partial charge in [0.25, 0.3) is 11.8 Å². The minimum atomic E-state index is -2.67. The first-order valence-electron chi connectivity index (χ1n) is 12.0. The number of nitrogens with zero attached hydrogens (tertiary/aromatic N) is 1. The van der Waals surface area contributed by atoms with Gasteiger partial charge in [-0.25, -0.2) is 17.7 Å². The van der Waals surface area contributed by atoms with Crippen LogP contribution in [0.2, 0.25) is 0 Å². The highest BCUT2D eigenvalue weighted by molar-refractivity contribution is 9.10. The molecule has 2 aromatic rings. The van der Waals surface area contributed by atoms with E-state index in [1.165, 1.54) is 31.2 Å². The molecular weight excluding hydrogens is 522 g/mol. The van der Waals surface area contributed by atoms with E-state index in [0.29, 0.717) is 22.4 Å². The van der Waals surface area contributed by atoms with Crippen LogP contribution in [-0.4, -0.2) is 28.6 Å². The molecule has 0 aromatic heterocycles. The Balaban J connectivity index is 1.24. The van der Waals surface area contributed by atoms with E-state index in [0.717, 1.165) is 23.0 Å². The van der Waals surface area contributed by atoms with E-state index >= 15 is 0 Å². The van der Waals surface area contributed by atoms with Gasteiger partial charge in [-0.2, -0.15) is 0 Å². The molecule has 6 rings (SSSR count). The number of hydrogen-bond acceptors (Lipinski definition) is 2. The summed E-state index contributed by atoms with van der Waals surface area (Å²) in [5.74, 6) is -2.78. The number of fused-ring (bicyclic) bond motifs is 2. The lowest BCUT2D eigenvalue weighted by molar-refractivity contribution is -0.0874. The second kappa shape index (κ2) is 7.93. The normalized spacial score (nSPS) is 24.6. The number of nitrogens with one attached hydrogen (secondary N) is 1. The maximum atomic E-state index is 13.7. The number of carbonyl (C=O) groups is 1. The summed E-state index contributed by atoms with van der Waals surface area (Å²) in [5.41, 5.74) is 3.22. The lowest BCUT2D eigenvalue weighted by Crippen LogP contribution is -2.48. The molecular formula is C26H27BrF2N2O2S. The van der Waals surface area contributed by atoms with Gasteiger partial charge in [-0.15, -0.1) is 0 Å². The van der Waals surface area contributed by atoms with Gasteiger partial charge < -0.3 is 4.90 Å². The number of carbonyl (C=O) groups excluding carboxylic acids is 1. The van der Waals surface area contributed by atoms with E-state index < -0.39 is 22.9 Å². The molecule has 34 heavy (non-hydrogen) atoms. The Kier molecular flexibility index (Phi) is 5.32. The summed E-state index contributed by atoms with van der Waals surface area (Å²) in [6.07, 6.45) is 6.71. The van der Waals surface area contributed by atoms with Crippen LogP contribution in [0.1, 0.15) is 67.3 Å². The Morgan fingerprint density at radius 1 is 1.03 bits per heavy atom. The Bertz CT molecular complexity index is 1180. The van der Waals surface area contributed by atoms with Gasteiger partial charge in [0.05, 0.1) is 4.90 Å². The number of rotatable bonds is 4. The van der Waals surface area contributed by atoms with Gasteiger partial charge in [0.15, 0.2) is 0 Å². The standard InChI is InChI=1S/C26H27BrF2N2O2S/c27-18-4-5-22-21(13-18)25(10-8-24(6-7-24)9-11-25)16-31(22)23(32)17-2-1-3-20(12-17)34(33)30-19-14-26(28,29)15-19/h1-5,12-13,19,30H,6-11,14-16H2. The quantitative estimate of drug-likeness (QED) is 0.501. The fourth-order valence-corrected chi connectivity index (χ4v) is 7.45. The smallest absolute Gasteiger partial charge is 0.258 e. The number of halogens is 3. The molecule has 3 aliphatic carbocycles. The molecule has 0 radical (unpaired) electrons. The highest BCUT2D eigenvalue weighted by Gasteiger charge is 2.53. The van der Waals surface area contributed by atoms with Crippen LogP contribution < -0.4 is 9.62 Å². The number of hydrogen-bond donors (Lipinski definition) is 1. The third kappa shape index (κ3) is 3.95. The molecule has 1 heterocycles. The number of anilines is 1. The first kappa shape index (κ1) is 22.8. The van der Waals surface area contributed by atoms with E-state index in [4.69, 9.17) is 0 Å². The molecule has 3 fully saturated rings. The molecule has 1 atom stereocenters. The van der Waals surface area contributed by atoms with Crippen molar-refractivity contribution in [2.75, 3.05) is 11.4 Å². The van der Waals surface area contributed by atoms with E-state index in [1.807, 2.05) is 17.0 Å². The summed E-state index contributed by atoms with van der Waals surface area (Å²) in [7, 11) is -1.64. The second-order valence-electron chi connectivity index (χ2n) is 10.7. The number of amides is 1. The van der Waals surface area contributed by atoms with Gasteiger partial charge in [0.2, 0.25) is 0 Å². The summed E-state index contributed by atoms with van der Waals surface area (Å²) in [5, 5.41) is 0. The Morgan fingerprint density at radius 2 is 1.74 bits per heavy atom. The third-order valence-electron chi connectivity index (χ3n) is 8.41. The predicted octanol–water partition coefficient (Wildman–Crippen LogP) is 6.11. The maximum Gasteiger partial charge on any atom is 0.258 e. The summed E-state index contributed by atoms with van der Waals surface area (Å²) in [6.45, 7) is 0.663. The fraction of sp³-hybridized carbons (Fsp3) is 0.500. The van der Waals surface area contributed by atoms with Crippen LogP contribution in [0.15, 0.2) is 51.8 Å². The minimum Gasteiger partial charge on any atom is -0.307 e. The molecule has 4 nitrogen and oxygen atoms in total. The third-order valence-corrected chi connectivity index (χ3v) is 10.1. The highest BCUT2D eigenvalue weighted by atomic mass is 79.9. The van der Waals surface area contributed by atoms with Crippen molar-refractivity contribution in [3.05, 3.63) is 58.1 Å². The molecule has 0 saturated heterocycles. The van der Waals surface area contributed by atoms with Gasteiger partial charge in [-0.05, 0) is 85.9 Å². The van der Waals surface area contributed by atoms with Crippen molar-refractivity contribution in [1.82, 2.24) is 4.72 Å². The maximum absolute atomic E-state index is 13.7. The summed E-state index contributed by atoms with van der Waals surface area (Å²) in [6, 6.07) is 12.5. The average Bonchev–Trinajstić information content (AvgIpc) is 3.50. The van der Waals surface area contributed by atoms with Gasteiger partial charge >= 0.3 is 0 Å². The van der Waals surface area contributed by atoms with Gasteiger partial charge in [0.1, 0.15) is 11.0 Å². The number of benzene rings is 2. The van der Waals surface area contributed by atoms with Crippen LogP contribution in [0.3, 0.4) is 0 Å². The first-order chi connectivity index (χ1) is 16.2. The molecule has 2 aromatic carbocycles. The fourth-order valence-electron chi connectivity index (χ4n) is 6.05. The molecule has 3 saturated carbocycles. The summed E-state index contributed by atoms with van der Waals surface area (Å²) >= 11 is 3.62. The highest BCUT2D eigenvalue weighted by Crippen LogP contribution is 2.62. The van der Waals surface area contributed by atoms with E-state index in [-0.39, 0.29) is 24.2 Å². The minimum absolute atomic E-state index is 0.0138. The molecule has 4 aliphatic rings. The average molecular weight is 549 g/mol. The molecule has 2 spiro atoms. The lowest BCUT2D eigenvalue weighted by Gasteiger charge is -2.38. The largest absolute Gasteiger partial charge is 0.307 e. The molecule has 8 heteroatoms. The molecule has 1 N–H and O–H groups in total. The zero-order valence-corrected chi connectivity index (χ0v) is 21.2. The van der Waals surface area contributed by atoms with E-state index in [1.54, 1.807) is 24.3 Å². The molecule has 1 unspecified atom stereocenters. The molecule has 180 valence electrons. The van der Waals surface area contributed by atoms with Gasteiger partial charge in [0, 0.05) is 46.6 Å². The van der Waals surface area contributed by atoms with Crippen molar-refractivity contribution in [3.8, 4) is 0 Å². The zero-order valence-electron chi connectivity index (χ0n) is 18.8. The molecule has 1 aliphatic heterocycles. The van der Waals surface area contributed by atoms with Crippen molar-refractivity contribution in [1.29, 1.82) is 0 Å².